The van der Waals surface area contributed by atoms with E-state index in [1.54, 1.807) is 6.20 Å². The number of ether oxygens (including phenoxy) is 2. The largest absolute Gasteiger partial charge is 0.454 e. The van der Waals surface area contributed by atoms with Crippen molar-refractivity contribution < 1.29 is 9.47 Å². The first-order valence-electron chi connectivity index (χ1n) is 6.64. The lowest BCUT2D eigenvalue weighted by Gasteiger charge is -2.04. The van der Waals surface area contributed by atoms with Crippen LogP contribution in [0.5, 0.6) is 11.5 Å². The first-order chi connectivity index (χ1) is 10.3. The number of anilines is 1. The second-order valence-corrected chi connectivity index (χ2v) is 4.66. The fourth-order valence-electron chi connectivity index (χ4n) is 2.10. The Kier molecular flexibility index (Phi) is 3.74. The van der Waals surface area contributed by atoms with Gasteiger partial charge in [0.25, 0.3) is 0 Å². The number of benzene rings is 2. The predicted molar refractivity (Wildman–Crippen MR) is 80.0 cm³/mol. The third-order valence-electron chi connectivity index (χ3n) is 3.16. The van der Waals surface area contributed by atoms with E-state index in [0.717, 1.165) is 22.7 Å². The maximum Gasteiger partial charge on any atom is 0.231 e. The Morgan fingerprint density at radius 2 is 1.95 bits per heavy atom. The van der Waals surface area contributed by atoms with Gasteiger partial charge in [0.1, 0.15) is 0 Å². The van der Waals surface area contributed by atoms with Gasteiger partial charge in [-0.05, 0) is 29.8 Å². The van der Waals surface area contributed by atoms with E-state index in [1.807, 2.05) is 48.5 Å². The van der Waals surface area contributed by atoms with Crippen LogP contribution in [0.3, 0.4) is 0 Å². The maximum absolute atomic E-state index is 9.24. The molecule has 0 fully saturated rings. The highest BCUT2D eigenvalue weighted by atomic mass is 16.7. The smallest absolute Gasteiger partial charge is 0.231 e. The number of para-hydroxylation sites is 1. The highest BCUT2D eigenvalue weighted by molar-refractivity contribution is 5.49. The summed E-state index contributed by atoms with van der Waals surface area (Å²) in [6, 6.07) is 17.7. The van der Waals surface area contributed by atoms with E-state index in [-0.39, 0.29) is 6.79 Å². The van der Waals surface area contributed by atoms with Crippen LogP contribution in [0.25, 0.3) is 0 Å². The van der Waals surface area contributed by atoms with Crippen molar-refractivity contribution in [1.82, 2.24) is 0 Å². The van der Waals surface area contributed by atoms with Crippen molar-refractivity contribution in [3.05, 3.63) is 65.9 Å². The lowest BCUT2D eigenvalue weighted by molar-refractivity contribution is 0.174. The molecule has 3 rings (SSSR count). The summed E-state index contributed by atoms with van der Waals surface area (Å²) in [6.45, 7) is 0.259. The van der Waals surface area contributed by atoms with E-state index in [0.29, 0.717) is 12.0 Å². The number of nitriles is 1. The SMILES string of the molecule is N#C/C(=C/Nc1ccccc1)Cc1ccc2c(c1)OCO2. The minimum Gasteiger partial charge on any atom is -0.454 e. The second-order valence-electron chi connectivity index (χ2n) is 4.66. The van der Waals surface area contributed by atoms with Gasteiger partial charge in [0.15, 0.2) is 11.5 Å². The Hall–Kier alpha value is -2.93. The summed E-state index contributed by atoms with van der Waals surface area (Å²) in [5, 5.41) is 12.4. The van der Waals surface area contributed by atoms with Gasteiger partial charge in [0.2, 0.25) is 6.79 Å². The van der Waals surface area contributed by atoms with Gasteiger partial charge in [-0.2, -0.15) is 5.26 Å². The molecule has 0 saturated carbocycles. The quantitative estimate of drug-likeness (QED) is 0.870. The average molecular weight is 278 g/mol. The molecule has 0 saturated heterocycles. The van der Waals surface area contributed by atoms with Crippen LogP contribution in [0.4, 0.5) is 5.69 Å². The molecular weight excluding hydrogens is 264 g/mol. The third kappa shape index (κ3) is 3.15. The Bertz CT molecular complexity index is 702. The number of rotatable bonds is 4. The number of allylic oxidation sites excluding steroid dienone is 1. The van der Waals surface area contributed by atoms with Gasteiger partial charge in [0, 0.05) is 23.9 Å². The van der Waals surface area contributed by atoms with Crippen LogP contribution in [-0.4, -0.2) is 6.79 Å². The molecule has 0 spiro atoms. The number of nitrogens with one attached hydrogen (secondary N) is 1. The first kappa shape index (κ1) is 13.1. The fourth-order valence-corrected chi connectivity index (χ4v) is 2.10. The molecule has 104 valence electrons. The zero-order valence-corrected chi connectivity index (χ0v) is 11.4. The Labute approximate surface area is 123 Å². The Balaban J connectivity index is 1.71. The summed E-state index contributed by atoms with van der Waals surface area (Å²) in [7, 11) is 0. The van der Waals surface area contributed by atoms with Crippen molar-refractivity contribution in [2.24, 2.45) is 0 Å². The first-order valence-corrected chi connectivity index (χ1v) is 6.64. The molecule has 0 aliphatic carbocycles. The van der Waals surface area contributed by atoms with Gasteiger partial charge in [-0.3, -0.25) is 0 Å². The molecule has 0 atom stereocenters. The monoisotopic (exact) mass is 278 g/mol. The molecule has 21 heavy (non-hydrogen) atoms. The fraction of sp³-hybridized carbons (Fsp3) is 0.118. The van der Waals surface area contributed by atoms with Crippen molar-refractivity contribution in [3.63, 3.8) is 0 Å². The van der Waals surface area contributed by atoms with Crippen LogP contribution in [0.15, 0.2) is 60.3 Å². The summed E-state index contributed by atoms with van der Waals surface area (Å²) in [6.07, 6.45) is 2.28. The number of hydrogen-bond acceptors (Lipinski definition) is 4. The van der Waals surface area contributed by atoms with E-state index < -0.39 is 0 Å². The van der Waals surface area contributed by atoms with Crippen LogP contribution in [0, 0.1) is 11.3 Å². The van der Waals surface area contributed by atoms with Crippen molar-refractivity contribution in [2.75, 3.05) is 12.1 Å². The van der Waals surface area contributed by atoms with Crippen LogP contribution in [0.1, 0.15) is 5.56 Å². The molecule has 0 radical (unpaired) electrons. The van der Waals surface area contributed by atoms with E-state index in [9.17, 15) is 5.26 Å². The second kappa shape index (κ2) is 6.02. The van der Waals surface area contributed by atoms with Crippen molar-refractivity contribution in [3.8, 4) is 17.6 Å². The summed E-state index contributed by atoms with van der Waals surface area (Å²) >= 11 is 0. The van der Waals surface area contributed by atoms with Crippen molar-refractivity contribution in [2.45, 2.75) is 6.42 Å². The molecule has 0 unspecified atom stereocenters. The molecule has 1 aliphatic heterocycles. The van der Waals surface area contributed by atoms with E-state index in [4.69, 9.17) is 9.47 Å². The molecule has 0 bridgehead atoms. The molecule has 0 aromatic heterocycles. The summed E-state index contributed by atoms with van der Waals surface area (Å²) in [4.78, 5) is 0. The minimum atomic E-state index is 0.259. The van der Waals surface area contributed by atoms with E-state index >= 15 is 0 Å². The molecule has 1 N–H and O–H groups in total. The molecule has 2 aromatic rings. The van der Waals surface area contributed by atoms with Gasteiger partial charge in [-0.15, -0.1) is 0 Å². The zero-order chi connectivity index (χ0) is 14.5. The molecule has 1 heterocycles. The molecular formula is C17H14N2O2. The van der Waals surface area contributed by atoms with Crippen LogP contribution in [-0.2, 0) is 6.42 Å². The topological polar surface area (TPSA) is 54.3 Å². The van der Waals surface area contributed by atoms with Gasteiger partial charge < -0.3 is 14.8 Å². The highest BCUT2D eigenvalue weighted by Crippen LogP contribution is 2.33. The Morgan fingerprint density at radius 1 is 1.14 bits per heavy atom. The predicted octanol–water partition coefficient (Wildman–Crippen LogP) is 3.48. The summed E-state index contributed by atoms with van der Waals surface area (Å²) < 4.78 is 10.6. The minimum absolute atomic E-state index is 0.259. The Morgan fingerprint density at radius 3 is 2.76 bits per heavy atom. The van der Waals surface area contributed by atoms with E-state index in [1.165, 1.54) is 0 Å². The summed E-state index contributed by atoms with van der Waals surface area (Å²) in [5.41, 5.74) is 2.62. The van der Waals surface area contributed by atoms with Gasteiger partial charge in [0.05, 0.1) is 6.07 Å². The standard InChI is InChI=1S/C17H14N2O2/c18-10-14(11-19-15-4-2-1-3-5-15)8-13-6-7-16-17(9-13)21-12-20-16/h1-7,9,11,19H,8,12H2/b14-11+. The lowest BCUT2D eigenvalue weighted by atomic mass is 10.1. The number of fused-ring (bicyclic) bond motifs is 1. The number of nitrogens with zero attached hydrogens (tertiary/aromatic N) is 1. The lowest BCUT2D eigenvalue weighted by Crippen LogP contribution is -1.94. The van der Waals surface area contributed by atoms with Crippen molar-refractivity contribution in [1.29, 1.82) is 5.26 Å². The van der Waals surface area contributed by atoms with Gasteiger partial charge in [-0.25, -0.2) is 0 Å². The number of hydrogen-bond donors (Lipinski definition) is 1. The molecule has 4 nitrogen and oxygen atoms in total. The average Bonchev–Trinajstić information content (AvgIpc) is 3.00. The van der Waals surface area contributed by atoms with Crippen LogP contribution >= 0.6 is 0 Å². The molecule has 0 amide bonds. The third-order valence-corrected chi connectivity index (χ3v) is 3.16. The van der Waals surface area contributed by atoms with Gasteiger partial charge in [-0.1, -0.05) is 24.3 Å². The zero-order valence-electron chi connectivity index (χ0n) is 11.4. The van der Waals surface area contributed by atoms with Crippen molar-refractivity contribution >= 4 is 5.69 Å². The summed E-state index contributed by atoms with van der Waals surface area (Å²) in [5.74, 6) is 1.49. The maximum atomic E-state index is 9.24. The molecule has 1 aliphatic rings. The normalized spacial score (nSPS) is 12.8. The van der Waals surface area contributed by atoms with Crippen LogP contribution in [0.2, 0.25) is 0 Å². The van der Waals surface area contributed by atoms with E-state index in [2.05, 4.69) is 11.4 Å². The molecule has 4 heteroatoms. The van der Waals surface area contributed by atoms with Gasteiger partial charge >= 0.3 is 0 Å². The highest BCUT2D eigenvalue weighted by Gasteiger charge is 2.13. The molecule has 2 aromatic carbocycles. The van der Waals surface area contributed by atoms with Crippen LogP contribution < -0.4 is 14.8 Å².